The third-order valence-corrected chi connectivity index (χ3v) is 3.25. The summed E-state index contributed by atoms with van der Waals surface area (Å²) >= 11 is 12.0. The van der Waals surface area contributed by atoms with Crippen molar-refractivity contribution in [1.82, 2.24) is 0 Å². The molecule has 0 aliphatic carbocycles. The Hall–Kier alpha value is -1.91. The summed E-state index contributed by atoms with van der Waals surface area (Å²) < 4.78 is 4.73. The summed E-state index contributed by atoms with van der Waals surface area (Å²) in [6.07, 6.45) is 0. The van der Waals surface area contributed by atoms with Crippen molar-refractivity contribution in [3.8, 4) is 0 Å². The van der Waals surface area contributed by atoms with Gasteiger partial charge in [-0.1, -0.05) is 29.3 Å². The standard InChI is InChI=1S/C14H12Cl2N2O2/c1-20-14(19)9-3-2-4-11(17)13(9)18-12-7-8(15)5-6-10(12)16/h2-7,18H,17H2,1H3. The lowest BCUT2D eigenvalue weighted by Gasteiger charge is -2.14. The van der Waals surface area contributed by atoms with Crippen LogP contribution in [0.1, 0.15) is 10.4 Å². The first-order valence-electron chi connectivity index (χ1n) is 5.72. The zero-order valence-electron chi connectivity index (χ0n) is 10.6. The molecule has 3 N–H and O–H groups in total. The number of para-hydroxylation sites is 1. The number of nitrogens with one attached hydrogen (secondary N) is 1. The topological polar surface area (TPSA) is 64.3 Å². The molecule has 0 amide bonds. The van der Waals surface area contributed by atoms with Gasteiger partial charge in [-0.25, -0.2) is 4.79 Å². The summed E-state index contributed by atoms with van der Waals surface area (Å²) in [6.45, 7) is 0. The Kier molecular flexibility index (Phi) is 4.37. The van der Waals surface area contributed by atoms with Crippen LogP contribution >= 0.6 is 23.2 Å². The van der Waals surface area contributed by atoms with Gasteiger partial charge in [0.15, 0.2) is 0 Å². The molecular formula is C14H12Cl2N2O2. The van der Waals surface area contributed by atoms with Crippen molar-refractivity contribution in [2.24, 2.45) is 0 Å². The Morgan fingerprint density at radius 1 is 1.25 bits per heavy atom. The van der Waals surface area contributed by atoms with Crippen LogP contribution in [0.2, 0.25) is 10.0 Å². The van der Waals surface area contributed by atoms with Crippen molar-refractivity contribution in [2.75, 3.05) is 18.2 Å². The van der Waals surface area contributed by atoms with Gasteiger partial charge >= 0.3 is 5.97 Å². The highest BCUT2D eigenvalue weighted by Crippen LogP contribution is 2.33. The van der Waals surface area contributed by atoms with E-state index in [2.05, 4.69) is 5.32 Å². The van der Waals surface area contributed by atoms with Gasteiger partial charge in [0.25, 0.3) is 0 Å². The predicted octanol–water partition coefficient (Wildman–Crippen LogP) is 4.11. The highest BCUT2D eigenvalue weighted by atomic mass is 35.5. The van der Waals surface area contributed by atoms with Crippen LogP contribution in [0.3, 0.4) is 0 Å². The lowest BCUT2D eigenvalue weighted by Crippen LogP contribution is -2.08. The number of nitrogen functional groups attached to an aromatic ring is 1. The molecule has 4 nitrogen and oxygen atoms in total. The number of carbonyl (C=O) groups excluding carboxylic acids is 1. The number of methoxy groups -OCH3 is 1. The van der Waals surface area contributed by atoms with Crippen LogP contribution in [0.25, 0.3) is 0 Å². The maximum Gasteiger partial charge on any atom is 0.340 e. The van der Waals surface area contributed by atoms with Crippen molar-refractivity contribution in [3.63, 3.8) is 0 Å². The highest BCUT2D eigenvalue weighted by molar-refractivity contribution is 6.35. The first-order valence-corrected chi connectivity index (χ1v) is 6.47. The van der Waals surface area contributed by atoms with Gasteiger partial charge in [-0.05, 0) is 30.3 Å². The first kappa shape index (κ1) is 14.5. The second-order valence-electron chi connectivity index (χ2n) is 4.01. The summed E-state index contributed by atoms with van der Waals surface area (Å²) in [6, 6.07) is 9.94. The summed E-state index contributed by atoms with van der Waals surface area (Å²) in [5.41, 5.74) is 7.62. The number of rotatable bonds is 3. The number of carbonyl (C=O) groups is 1. The van der Waals surface area contributed by atoms with Crippen molar-refractivity contribution in [1.29, 1.82) is 0 Å². The monoisotopic (exact) mass is 310 g/mol. The number of nitrogens with two attached hydrogens (primary N) is 1. The minimum Gasteiger partial charge on any atom is -0.465 e. The fourth-order valence-electron chi connectivity index (χ4n) is 1.72. The Morgan fingerprint density at radius 2 is 2.00 bits per heavy atom. The van der Waals surface area contributed by atoms with E-state index in [1.54, 1.807) is 36.4 Å². The number of benzene rings is 2. The number of halogens is 2. The van der Waals surface area contributed by atoms with Gasteiger partial charge < -0.3 is 15.8 Å². The lowest BCUT2D eigenvalue weighted by atomic mass is 10.1. The van der Waals surface area contributed by atoms with Crippen LogP contribution in [0, 0.1) is 0 Å². The van der Waals surface area contributed by atoms with Gasteiger partial charge in [0, 0.05) is 5.02 Å². The molecular weight excluding hydrogens is 299 g/mol. The molecule has 104 valence electrons. The largest absolute Gasteiger partial charge is 0.465 e. The third-order valence-electron chi connectivity index (χ3n) is 2.69. The zero-order valence-corrected chi connectivity index (χ0v) is 12.1. The number of hydrogen-bond donors (Lipinski definition) is 2. The van der Waals surface area contributed by atoms with Crippen LogP contribution in [-0.4, -0.2) is 13.1 Å². The Bertz CT molecular complexity index is 660. The molecule has 0 spiro atoms. The molecule has 0 bridgehead atoms. The van der Waals surface area contributed by atoms with Gasteiger partial charge in [0.1, 0.15) is 0 Å². The molecule has 2 aromatic carbocycles. The second-order valence-corrected chi connectivity index (χ2v) is 4.85. The Morgan fingerprint density at radius 3 is 2.70 bits per heavy atom. The Balaban J connectivity index is 2.47. The number of ether oxygens (including phenoxy) is 1. The van der Waals surface area contributed by atoms with Crippen LogP contribution < -0.4 is 11.1 Å². The van der Waals surface area contributed by atoms with Crippen LogP contribution in [0.5, 0.6) is 0 Å². The maximum absolute atomic E-state index is 11.8. The average molecular weight is 311 g/mol. The van der Waals surface area contributed by atoms with Crippen molar-refractivity contribution >= 4 is 46.2 Å². The van der Waals surface area contributed by atoms with Crippen molar-refractivity contribution < 1.29 is 9.53 Å². The molecule has 20 heavy (non-hydrogen) atoms. The lowest BCUT2D eigenvalue weighted by molar-refractivity contribution is 0.0602. The van der Waals surface area contributed by atoms with Gasteiger partial charge in [0.05, 0.1) is 34.8 Å². The molecule has 0 unspecified atom stereocenters. The van der Waals surface area contributed by atoms with Crippen LogP contribution in [0.15, 0.2) is 36.4 Å². The van der Waals surface area contributed by atoms with E-state index in [1.165, 1.54) is 7.11 Å². The van der Waals surface area contributed by atoms with Crippen LogP contribution in [0.4, 0.5) is 17.1 Å². The third kappa shape index (κ3) is 2.98. The van der Waals surface area contributed by atoms with Gasteiger partial charge in [-0.2, -0.15) is 0 Å². The maximum atomic E-state index is 11.8. The molecule has 0 aromatic heterocycles. The first-order chi connectivity index (χ1) is 9.52. The average Bonchev–Trinajstić information content (AvgIpc) is 2.44. The quantitative estimate of drug-likeness (QED) is 0.661. The van der Waals surface area contributed by atoms with E-state index in [9.17, 15) is 4.79 Å². The van der Waals surface area contributed by atoms with E-state index in [1.807, 2.05) is 0 Å². The van der Waals surface area contributed by atoms with E-state index in [0.717, 1.165) is 0 Å². The van der Waals surface area contributed by atoms with Gasteiger partial charge in [-0.3, -0.25) is 0 Å². The minimum atomic E-state index is -0.488. The van der Waals surface area contributed by atoms with E-state index in [0.29, 0.717) is 32.7 Å². The normalized spacial score (nSPS) is 10.2. The molecule has 0 aliphatic heterocycles. The molecule has 0 atom stereocenters. The Labute approximate surface area is 126 Å². The molecule has 0 saturated carbocycles. The number of hydrogen-bond acceptors (Lipinski definition) is 4. The highest BCUT2D eigenvalue weighted by Gasteiger charge is 2.15. The molecule has 6 heteroatoms. The summed E-state index contributed by atoms with van der Waals surface area (Å²) in [4.78, 5) is 11.8. The molecule has 0 fully saturated rings. The molecule has 0 aliphatic rings. The number of esters is 1. The summed E-state index contributed by atoms with van der Waals surface area (Å²) in [5.74, 6) is -0.488. The van der Waals surface area contributed by atoms with Crippen molar-refractivity contribution in [3.05, 3.63) is 52.0 Å². The van der Waals surface area contributed by atoms with E-state index in [-0.39, 0.29) is 0 Å². The van der Waals surface area contributed by atoms with Crippen molar-refractivity contribution in [2.45, 2.75) is 0 Å². The van der Waals surface area contributed by atoms with Gasteiger partial charge in [0.2, 0.25) is 0 Å². The fraction of sp³-hybridized carbons (Fsp3) is 0.0714. The van der Waals surface area contributed by atoms with E-state index in [4.69, 9.17) is 33.7 Å². The SMILES string of the molecule is COC(=O)c1cccc(N)c1Nc1cc(Cl)ccc1Cl. The molecule has 2 rings (SSSR count). The molecule has 0 heterocycles. The second kappa shape index (κ2) is 6.03. The smallest absolute Gasteiger partial charge is 0.340 e. The molecule has 0 radical (unpaired) electrons. The van der Waals surface area contributed by atoms with Gasteiger partial charge in [-0.15, -0.1) is 0 Å². The molecule has 2 aromatic rings. The molecule has 0 saturated heterocycles. The fourth-order valence-corrected chi connectivity index (χ4v) is 2.05. The minimum absolute atomic E-state index is 0.323. The summed E-state index contributed by atoms with van der Waals surface area (Å²) in [5, 5.41) is 4.01. The number of anilines is 3. The van der Waals surface area contributed by atoms with Crippen LogP contribution in [-0.2, 0) is 4.74 Å². The predicted molar refractivity (Wildman–Crippen MR) is 81.9 cm³/mol. The van der Waals surface area contributed by atoms with E-state index >= 15 is 0 Å². The summed E-state index contributed by atoms with van der Waals surface area (Å²) in [7, 11) is 1.31. The van der Waals surface area contributed by atoms with E-state index < -0.39 is 5.97 Å². The zero-order chi connectivity index (χ0) is 14.7.